The van der Waals surface area contributed by atoms with E-state index in [-0.39, 0.29) is 6.54 Å². The smallest absolute Gasteiger partial charge is 0.268 e. The van der Waals surface area contributed by atoms with Crippen molar-refractivity contribution in [2.24, 2.45) is 0 Å². The van der Waals surface area contributed by atoms with E-state index < -0.39 is 17.4 Å². The van der Waals surface area contributed by atoms with Gasteiger partial charge in [-0.2, -0.15) is 0 Å². The van der Waals surface area contributed by atoms with Gasteiger partial charge in [-0.05, 0) is 48.4 Å². The van der Waals surface area contributed by atoms with Gasteiger partial charge in [-0.1, -0.05) is 59.6 Å². The Morgan fingerprint density at radius 3 is 2.57 bits per heavy atom. The molecule has 0 saturated heterocycles. The van der Waals surface area contributed by atoms with Crippen molar-refractivity contribution < 1.29 is 14.7 Å². The number of carbonyl (C=O) groups is 2. The summed E-state index contributed by atoms with van der Waals surface area (Å²) in [6.45, 7) is 1.62. The van der Waals surface area contributed by atoms with Crippen molar-refractivity contribution in [1.82, 2.24) is 0 Å². The molecule has 4 rings (SSSR count). The number of aliphatic hydroxyl groups is 1. The van der Waals surface area contributed by atoms with Crippen LogP contribution in [-0.2, 0) is 15.2 Å². The Labute approximate surface area is 183 Å². The Morgan fingerprint density at radius 2 is 1.83 bits per heavy atom. The van der Waals surface area contributed by atoms with E-state index in [1.165, 1.54) is 4.90 Å². The molecule has 30 heavy (non-hydrogen) atoms. The molecule has 1 atom stereocenters. The van der Waals surface area contributed by atoms with Gasteiger partial charge in [0.1, 0.15) is 6.54 Å². The molecule has 152 valence electrons. The van der Waals surface area contributed by atoms with Crippen LogP contribution in [0.5, 0.6) is 0 Å². The standard InChI is InChI=1S/C23H18Cl2N2O3/c1-14-9-10-19(18(25)11-14)26-21(28)13-27-20-8-3-2-7-17(20)23(30,22(27)29)15-5-4-6-16(24)12-15/h2-12,30H,13H2,1H3,(H,26,28)/t23-/m0/s1. The van der Waals surface area contributed by atoms with Gasteiger partial charge in [0, 0.05) is 10.6 Å². The third-order valence-electron chi connectivity index (χ3n) is 5.08. The van der Waals surface area contributed by atoms with Gasteiger partial charge < -0.3 is 10.4 Å². The van der Waals surface area contributed by atoms with Crippen molar-refractivity contribution in [2.45, 2.75) is 12.5 Å². The number of halogens is 2. The third kappa shape index (κ3) is 3.45. The first kappa shape index (κ1) is 20.4. The first-order valence-corrected chi connectivity index (χ1v) is 10.0. The van der Waals surface area contributed by atoms with E-state index in [1.807, 2.05) is 13.0 Å². The quantitative estimate of drug-likeness (QED) is 0.626. The fourth-order valence-corrected chi connectivity index (χ4v) is 4.11. The lowest BCUT2D eigenvalue weighted by Crippen LogP contribution is -2.44. The average Bonchev–Trinajstić information content (AvgIpc) is 2.93. The number of hydrogen-bond acceptors (Lipinski definition) is 3. The molecule has 0 radical (unpaired) electrons. The Bertz CT molecular complexity index is 1160. The highest BCUT2D eigenvalue weighted by molar-refractivity contribution is 6.33. The summed E-state index contributed by atoms with van der Waals surface area (Å²) in [6, 6.07) is 18.6. The van der Waals surface area contributed by atoms with Crippen molar-refractivity contribution in [3.05, 3.63) is 93.5 Å². The van der Waals surface area contributed by atoms with Gasteiger partial charge in [0.25, 0.3) is 5.91 Å². The molecule has 1 aliphatic heterocycles. The van der Waals surface area contributed by atoms with Crippen LogP contribution in [0.4, 0.5) is 11.4 Å². The highest BCUT2D eigenvalue weighted by atomic mass is 35.5. The van der Waals surface area contributed by atoms with Crippen LogP contribution in [0.3, 0.4) is 0 Å². The molecule has 7 heteroatoms. The number of nitrogens with zero attached hydrogens (tertiary/aromatic N) is 1. The monoisotopic (exact) mass is 440 g/mol. The minimum Gasteiger partial charge on any atom is -0.372 e. The fourth-order valence-electron chi connectivity index (χ4n) is 3.64. The summed E-state index contributed by atoms with van der Waals surface area (Å²) >= 11 is 12.3. The predicted octanol–water partition coefficient (Wildman–Crippen LogP) is 4.52. The van der Waals surface area contributed by atoms with Crippen molar-refractivity contribution in [3.63, 3.8) is 0 Å². The molecule has 0 aromatic heterocycles. The van der Waals surface area contributed by atoms with Gasteiger partial charge in [-0.3, -0.25) is 14.5 Å². The maximum atomic E-state index is 13.3. The van der Waals surface area contributed by atoms with Crippen LogP contribution < -0.4 is 10.2 Å². The lowest BCUT2D eigenvalue weighted by atomic mass is 9.87. The Kier molecular flexibility index (Phi) is 5.28. The van der Waals surface area contributed by atoms with Crippen LogP contribution in [-0.4, -0.2) is 23.5 Å². The van der Waals surface area contributed by atoms with Crippen molar-refractivity contribution in [1.29, 1.82) is 0 Å². The van der Waals surface area contributed by atoms with E-state index in [0.717, 1.165) is 5.56 Å². The number of rotatable bonds is 4. The maximum absolute atomic E-state index is 13.3. The summed E-state index contributed by atoms with van der Waals surface area (Å²) < 4.78 is 0. The molecule has 1 heterocycles. The van der Waals surface area contributed by atoms with E-state index >= 15 is 0 Å². The molecule has 3 aromatic rings. The molecular weight excluding hydrogens is 423 g/mol. The van der Waals surface area contributed by atoms with Crippen molar-refractivity contribution >= 4 is 46.4 Å². The van der Waals surface area contributed by atoms with Crippen LogP contribution in [0.25, 0.3) is 0 Å². The van der Waals surface area contributed by atoms with E-state index in [1.54, 1.807) is 60.7 Å². The minimum absolute atomic E-state index is 0.275. The van der Waals surface area contributed by atoms with Crippen LogP contribution in [0, 0.1) is 6.92 Å². The van der Waals surface area contributed by atoms with Crippen molar-refractivity contribution in [3.8, 4) is 0 Å². The fraction of sp³-hybridized carbons (Fsp3) is 0.130. The van der Waals surface area contributed by atoms with Crippen molar-refractivity contribution in [2.75, 3.05) is 16.8 Å². The Morgan fingerprint density at radius 1 is 1.07 bits per heavy atom. The van der Waals surface area contributed by atoms with Crippen LogP contribution in [0.1, 0.15) is 16.7 Å². The summed E-state index contributed by atoms with van der Waals surface area (Å²) in [4.78, 5) is 27.3. The zero-order valence-electron chi connectivity index (χ0n) is 16.0. The Balaban J connectivity index is 1.66. The second-order valence-electron chi connectivity index (χ2n) is 7.16. The number of carbonyl (C=O) groups excluding carboxylic acids is 2. The van der Waals surface area contributed by atoms with E-state index in [4.69, 9.17) is 23.2 Å². The summed E-state index contributed by atoms with van der Waals surface area (Å²) in [5.74, 6) is -1.05. The van der Waals surface area contributed by atoms with Crippen LogP contribution in [0.2, 0.25) is 10.0 Å². The number of benzene rings is 3. The topological polar surface area (TPSA) is 69.6 Å². The number of aryl methyl sites for hydroxylation is 1. The molecular formula is C23H18Cl2N2O3. The number of anilines is 2. The molecule has 3 aromatic carbocycles. The largest absolute Gasteiger partial charge is 0.372 e. The first-order valence-electron chi connectivity index (χ1n) is 9.26. The lowest BCUT2D eigenvalue weighted by Gasteiger charge is -2.23. The first-order chi connectivity index (χ1) is 14.3. The maximum Gasteiger partial charge on any atom is 0.268 e. The average molecular weight is 441 g/mol. The number of para-hydroxylation sites is 1. The highest BCUT2D eigenvalue weighted by Crippen LogP contribution is 2.44. The number of hydrogen-bond donors (Lipinski definition) is 2. The SMILES string of the molecule is Cc1ccc(NC(=O)CN2C(=O)[C@](O)(c3cccc(Cl)c3)c3ccccc32)c(Cl)c1. The number of fused-ring (bicyclic) bond motifs is 1. The summed E-state index contributed by atoms with van der Waals surface area (Å²) in [5.41, 5.74) is 0.708. The lowest BCUT2D eigenvalue weighted by molar-refractivity contribution is -0.133. The predicted molar refractivity (Wildman–Crippen MR) is 118 cm³/mol. The zero-order chi connectivity index (χ0) is 21.5. The second kappa shape index (κ2) is 7.76. The van der Waals surface area contributed by atoms with Gasteiger partial charge in [0.2, 0.25) is 5.91 Å². The van der Waals surface area contributed by atoms with E-state index in [2.05, 4.69) is 5.32 Å². The molecule has 2 N–H and O–H groups in total. The minimum atomic E-state index is -1.93. The van der Waals surface area contributed by atoms with Gasteiger partial charge in [0.15, 0.2) is 5.60 Å². The second-order valence-corrected chi connectivity index (χ2v) is 8.00. The molecule has 0 unspecified atom stereocenters. The summed E-state index contributed by atoms with van der Waals surface area (Å²) in [5, 5.41) is 15.0. The molecule has 2 amide bonds. The van der Waals surface area contributed by atoms with Gasteiger partial charge in [-0.25, -0.2) is 0 Å². The van der Waals surface area contributed by atoms with Crippen LogP contribution >= 0.6 is 23.2 Å². The molecule has 0 spiro atoms. The molecule has 0 saturated carbocycles. The van der Waals surface area contributed by atoms with Gasteiger partial charge in [0.05, 0.1) is 16.4 Å². The zero-order valence-corrected chi connectivity index (χ0v) is 17.5. The normalized spacial score (nSPS) is 17.7. The van der Waals surface area contributed by atoms with Gasteiger partial charge in [-0.15, -0.1) is 0 Å². The molecule has 5 nitrogen and oxygen atoms in total. The summed E-state index contributed by atoms with van der Waals surface area (Å²) in [6.07, 6.45) is 0. The highest BCUT2D eigenvalue weighted by Gasteiger charge is 2.51. The summed E-state index contributed by atoms with van der Waals surface area (Å²) in [7, 11) is 0. The number of nitrogens with one attached hydrogen (secondary N) is 1. The Hall–Kier alpha value is -2.86. The number of amides is 2. The molecule has 0 bridgehead atoms. The third-order valence-corrected chi connectivity index (χ3v) is 5.63. The molecule has 0 aliphatic carbocycles. The molecule has 0 fully saturated rings. The van der Waals surface area contributed by atoms with E-state index in [0.29, 0.717) is 32.5 Å². The molecule has 1 aliphatic rings. The van der Waals surface area contributed by atoms with E-state index in [9.17, 15) is 14.7 Å². The van der Waals surface area contributed by atoms with Gasteiger partial charge >= 0.3 is 0 Å². The van der Waals surface area contributed by atoms with Crippen LogP contribution in [0.15, 0.2) is 66.7 Å².